The second kappa shape index (κ2) is 7.94. The first-order valence-electron chi connectivity index (χ1n) is 14.0. The Balaban J connectivity index is 1.46. The van der Waals surface area contributed by atoms with Crippen molar-refractivity contribution in [1.82, 2.24) is 0 Å². The lowest BCUT2D eigenvalue weighted by Gasteiger charge is -2.30. The Labute approximate surface area is 233 Å². The molecular formula is C39H25N. The van der Waals surface area contributed by atoms with E-state index in [9.17, 15) is 0 Å². The van der Waals surface area contributed by atoms with Gasteiger partial charge in [-0.2, -0.15) is 0 Å². The average molecular weight is 508 g/mol. The molecule has 0 atom stereocenters. The summed E-state index contributed by atoms with van der Waals surface area (Å²) in [4.78, 5) is 0. The Morgan fingerprint density at radius 2 is 0.925 bits per heavy atom. The molecule has 0 unspecified atom stereocenters. The minimum Gasteiger partial charge on any atom is -0.355 e. The fourth-order valence-electron chi connectivity index (χ4n) is 7.54. The van der Waals surface area contributed by atoms with Crippen molar-refractivity contribution in [2.75, 3.05) is 5.32 Å². The largest absolute Gasteiger partial charge is 0.355 e. The standard InChI is InChI=1S/C39H25N/c1-2-13-27(14-3-1)40-35-20-10-19-32-36(35)30-17-8-9-18-31(30)39(32)33-23-21-25-11-4-6-15-28(25)37(33)38-29-16-7-5-12-26(29)22-24-34(38)39/h1-24,40H. The lowest BCUT2D eigenvalue weighted by atomic mass is 9.70. The van der Waals surface area contributed by atoms with E-state index in [4.69, 9.17) is 0 Å². The molecule has 0 saturated carbocycles. The molecule has 2 aliphatic carbocycles. The number of hydrogen-bond donors (Lipinski definition) is 1. The van der Waals surface area contributed by atoms with Gasteiger partial charge in [0, 0.05) is 16.9 Å². The Morgan fingerprint density at radius 3 is 1.62 bits per heavy atom. The Bertz CT molecular complexity index is 2050. The maximum absolute atomic E-state index is 3.76. The molecule has 0 fully saturated rings. The highest BCUT2D eigenvalue weighted by atomic mass is 14.9. The molecule has 7 aromatic rings. The maximum Gasteiger partial charge on any atom is 0.0726 e. The SMILES string of the molecule is c1ccc(Nc2cccc3c2-c2ccccc2C32c3ccc4ccccc4c3-c3c2ccc2ccccc32)cc1. The van der Waals surface area contributed by atoms with Gasteiger partial charge in [0.05, 0.1) is 5.41 Å². The van der Waals surface area contributed by atoms with Gasteiger partial charge in [0.1, 0.15) is 0 Å². The van der Waals surface area contributed by atoms with E-state index < -0.39 is 0 Å². The molecule has 0 saturated heterocycles. The molecule has 186 valence electrons. The third kappa shape index (κ3) is 2.67. The lowest BCUT2D eigenvalue weighted by Crippen LogP contribution is -2.25. The summed E-state index contributed by atoms with van der Waals surface area (Å²) in [5.41, 5.74) is 12.6. The van der Waals surface area contributed by atoms with Gasteiger partial charge < -0.3 is 5.32 Å². The molecule has 1 N–H and O–H groups in total. The van der Waals surface area contributed by atoms with Crippen molar-refractivity contribution in [3.63, 3.8) is 0 Å². The van der Waals surface area contributed by atoms with E-state index >= 15 is 0 Å². The van der Waals surface area contributed by atoms with Crippen LogP contribution in [0.3, 0.4) is 0 Å². The topological polar surface area (TPSA) is 12.0 Å². The number of benzene rings is 7. The van der Waals surface area contributed by atoms with Crippen molar-refractivity contribution in [2.24, 2.45) is 0 Å². The fraction of sp³-hybridized carbons (Fsp3) is 0.0256. The highest BCUT2D eigenvalue weighted by molar-refractivity contribution is 6.13. The van der Waals surface area contributed by atoms with Crippen LogP contribution in [-0.4, -0.2) is 0 Å². The van der Waals surface area contributed by atoms with Gasteiger partial charge in [-0.3, -0.25) is 0 Å². The van der Waals surface area contributed by atoms with Crippen molar-refractivity contribution in [2.45, 2.75) is 5.41 Å². The molecule has 2 aliphatic rings. The Kier molecular flexibility index (Phi) is 4.32. The number of anilines is 2. The van der Waals surface area contributed by atoms with Crippen molar-refractivity contribution in [1.29, 1.82) is 0 Å². The van der Waals surface area contributed by atoms with Crippen molar-refractivity contribution < 1.29 is 0 Å². The van der Waals surface area contributed by atoms with Crippen LogP contribution >= 0.6 is 0 Å². The van der Waals surface area contributed by atoms with Crippen molar-refractivity contribution >= 4 is 32.9 Å². The first kappa shape index (κ1) is 21.8. The Morgan fingerprint density at radius 1 is 0.375 bits per heavy atom. The van der Waals surface area contributed by atoms with E-state index in [-0.39, 0.29) is 5.41 Å². The maximum atomic E-state index is 3.76. The monoisotopic (exact) mass is 507 g/mol. The lowest BCUT2D eigenvalue weighted by molar-refractivity contribution is 0.795. The summed E-state index contributed by atoms with van der Waals surface area (Å²) >= 11 is 0. The van der Waals surface area contributed by atoms with Crippen LogP contribution in [0.4, 0.5) is 11.4 Å². The smallest absolute Gasteiger partial charge is 0.0726 e. The minimum absolute atomic E-state index is 0.390. The van der Waals surface area contributed by atoms with Gasteiger partial charge >= 0.3 is 0 Å². The van der Waals surface area contributed by atoms with Gasteiger partial charge in [0.2, 0.25) is 0 Å². The van der Waals surface area contributed by atoms with Crippen LogP contribution in [0.1, 0.15) is 22.3 Å². The summed E-state index contributed by atoms with van der Waals surface area (Å²) in [5, 5.41) is 8.96. The van der Waals surface area contributed by atoms with Crippen LogP contribution in [-0.2, 0) is 5.41 Å². The minimum atomic E-state index is -0.390. The van der Waals surface area contributed by atoms with Crippen LogP contribution in [0.2, 0.25) is 0 Å². The summed E-state index contributed by atoms with van der Waals surface area (Å²) < 4.78 is 0. The third-order valence-electron chi connectivity index (χ3n) is 9.04. The molecule has 40 heavy (non-hydrogen) atoms. The Hall–Kier alpha value is -5.14. The van der Waals surface area contributed by atoms with Gasteiger partial charge in [-0.15, -0.1) is 0 Å². The normalized spacial score (nSPS) is 13.7. The predicted molar refractivity (Wildman–Crippen MR) is 167 cm³/mol. The molecule has 1 nitrogen and oxygen atoms in total. The molecule has 0 heterocycles. The van der Waals surface area contributed by atoms with Gasteiger partial charge in [-0.25, -0.2) is 0 Å². The van der Waals surface area contributed by atoms with Crippen LogP contribution in [0.25, 0.3) is 43.8 Å². The number of fused-ring (bicyclic) bond motifs is 14. The van der Waals surface area contributed by atoms with Crippen molar-refractivity contribution in [3.8, 4) is 22.3 Å². The van der Waals surface area contributed by atoms with Crippen LogP contribution < -0.4 is 5.32 Å². The van der Waals surface area contributed by atoms with Crippen LogP contribution in [0.5, 0.6) is 0 Å². The molecule has 1 spiro atoms. The molecule has 1 heteroatoms. The second-order valence-electron chi connectivity index (χ2n) is 10.9. The van der Waals surface area contributed by atoms with Gasteiger partial charge in [0.25, 0.3) is 0 Å². The van der Waals surface area contributed by atoms with Gasteiger partial charge in [0.15, 0.2) is 0 Å². The van der Waals surface area contributed by atoms with Crippen LogP contribution in [0, 0.1) is 0 Å². The molecule has 0 amide bonds. The van der Waals surface area contributed by atoms with E-state index in [0.29, 0.717) is 0 Å². The number of hydrogen-bond acceptors (Lipinski definition) is 1. The second-order valence-corrected chi connectivity index (χ2v) is 10.9. The first-order chi connectivity index (χ1) is 19.9. The average Bonchev–Trinajstić information content (AvgIpc) is 3.50. The molecule has 7 aromatic carbocycles. The summed E-state index contributed by atoms with van der Waals surface area (Å²) in [5.74, 6) is 0. The summed E-state index contributed by atoms with van der Waals surface area (Å²) in [6, 6.07) is 53.5. The fourth-order valence-corrected chi connectivity index (χ4v) is 7.54. The van der Waals surface area contributed by atoms with E-state index in [1.807, 2.05) is 0 Å². The van der Waals surface area contributed by atoms with E-state index in [0.717, 1.165) is 11.4 Å². The predicted octanol–water partition coefficient (Wildman–Crippen LogP) is 10.1. The zero-order valence-corrected chi connectivity index (χ0v) is 21.9. The van der Waals surface area contributed by atoms with E-state index in [1.165, 1.54) is 66.1 Å². The molecule has 0 aliphatic heterocycles. The highest BCUT2D eigenvalue weighted by Gasteiger charge is 2.52. The quantitative estimate of drug-likeness (QED) is 0.245. The van der Waals surface area contributed by atoms with Crippen LogP contribution in [0.15, 0.2) is 146 Å². The van der Waals surface area contributed by atoms with Crippen molar-refractivity contribution in [3.05, 3.63) is 168 Å². The molecule has 9 rings (SSSR count). The zero-order valence-electron chi connectivity index (χ0n) is 21.9. The molecule has 0 bridgehead atoms. The highest BCUT2D eigenvalue weighted by Crippen LogP contribution is 2.65. The molecular weight excluding hydrogens is 482 g/mol. The van der Waals surface area contributed by atoms with E-state index in [2.05, 4.69) is 151 Å². The van der Waals surface area contributed by atoms with E-state index in [1.54, 1.807) is 0 Å². The summed E-state index contributed by atoms with van der Waals surface area (Å²) in [6.45, 7) is 0. The molecule has 0 aromatic heterocycles. The summed E-state index contributed by atoms with van der Waals surface area (Å²) in [6.07, 6.45) is 0. The number of rotatable bonds is 2. The van der Waals surface area contributed by atoms with Gasteiger partial charge in [-0.05, 0) is 78.7 Å². The summed E-state index contributed by atoms with van der Waals surface area (Å²) in [7, 11) is 0. The number of nitrogens with one attached hydrogen (secondary N) is 1. The van der Waals surface area contributed by atoms with Gasteiger partial charge in [-0.1, -0.05) is 127 Å². The first-order valence-corrected chi connectivity index (χ1v) is 14.0. The number of para-hydroxylation sites is 1. The zero-order chi connectivity index (χ0) is 26.3. The molecule has 0 radical (unpaired) electrons. The third-order valence-corrected chi connectivity index (χ3v) is 9.04.